The minimum atomic E-state index is -0.802. The Labute approximate surface area is 172 Å². The van der Waals surface area contributed by atoms with Crippen molar-refractivity contribution in [2.24, 2.45) is 5.73 Å². The molecule has 0 radical (unpaired) electrons. The van der Waals surface area contributed by atoms with Gasteiger partial charge in [-0.3, -0.25) is 0 Å². The number of nitrogens with two attached hydrogens (primary N) is 1. The monoisotopic (exact) mass is 396 g/mol. The average molecular weight is 396 g/mol. The molecule has 0 saturated heterocycles. The molecule has 1 heterocycles. The van der Waals surface area contributed by atoms with Gasteiger partial charge < -0.3 is 29.6 Å². The summed E-state index contributed by atoms with van der Waals surface area (Å²) in [5.41, 5.74) is 7.91. The Morgan fingerprint density at radius 1 is 0.931 bits per heavy atom. The lowest BCUT2D eigenvalue weighted by Gasteiger charge is -2.39. The smallest absolute Gasteiger partial charge is 0.136 e. The Balaban J connectivity index is 1.59. The second-order valence-corrected chi connectivity index (χ2v) is 6.85. The SMILES string of the molecule is COc1cccc(OCCOCC2(N)C=CC=CN2c2cc(C)cc(OC)c2)c1. The molecule has 6 nitrogen and oxygen atoms in total. The highest BCUT2D eigenvalue weighted by atomic mass is 16.5. The molecule has 0 saturated carbocycles. The van der Waals surface area contributed by atoms with Crippen LogP contribution in [0.1, 0.15) is 5.56 Å². The van der Waals surface area contributed by atoms with Gasteiger partial charge in [-0.1, -0.05) is 12.1 Å². The number of rotatable bonds is 9. The van der Waals surface area contributed by atoms with E-state index in [2.05, 4.69) is 6.07 Å². The number of ether oxygens (including phenoxy) is 4. The van der Waals surface area contributed by atoms with Crippen molar-refractivity contribution in [1.29, 1.82) is 0 Å². The number of nitrogens with zero attached hydrogens (tertiary/aromatic N) is 1. The first-order chi connectivity index (χ1) is 14.0. The molecule has 29 heavy (non-hydrogen) atoms. The van der Waals surface area contributed by atoms with Crippen molar-refractivity contribution < 1.29 is 18.9 Å². The summed E-state index contributed by atoms with van der Waals surface area (Å²) in [4.78, 5) is 1.99. The lowest BCUT2D eigenvalue weighted by atomic mass is 10.1. The van der Waals surface area contributed by atoms with Crippen LogP contribution in [-0.4, -0.2) is 39.7 Å². The summed E-state index contributed by atoms with van der Waals surface area (Å²) in [6.45, 7) is 3.17. The van der Waals surface area contributed by atoms with Gasteiger partial charge in [-0.05, 0) is 48.9 Å². The number of allylic oxidation sites excluding steroid dienone is 2. The molecule has 0 fully saturated rings. The number of benzene rings is 2. The van der Waals surface area contributed by atoms with Crippen LogP contribution in [0.15, 0.2) is 66.9 Å². The molecule has 154 valence electrons. The number of hydrogen-bond donors (Lipinski definition) is 1. The van der Waals surface area contributed by atoms with Crippen molar-refractivity contribution in [3.8, 4) is 17.2 Å². The highest BCUT2D eigenvalue weighted by Crippen LogP contribution is 2.30. The molecule has 1 unspecified atom stereocenters. The number of hydrogen-bond acceptors (Lipinski definition) is 6. The van der Waals surface area contributed by atoms with Crippen molar-refractivity contribution in [1.82, 2.24) is 0 Å². The molecule has 1 aliphatic heterocycles. The number of anilines is 1. The van der Waals surface area contributed by atoms with E-state index in [0.717, 1.165) is 28.5 Å². The molecule has 0 aromatic heterocycles. The molecule has 3 rings (SSSR count). The molecule has 0 bridgehead atoms. The number of aryl methyl sites for hydroxylation is 1. The third-order valence-electron chi connectivity index (χ3n) is 4.60. The van der Waals surface area contributed by atoms with Gasteiger partial charge in [0.1, 0.15) is 29.5 Å². The summed E-state index contributed by atoms with van der Waals surface area (Å²) in [6.07, 6.45) is 7.76. The van der Waals surface area contributed by atoms with Crippen LogP contribution in [0.2, 0.25) is 0 Å². The molecule has 2 aromatic carbocycles. The zero-order valence-corrected chi connectivity index (χ0v) is 17.1. The Kier molecular flexibility index (Phi) is 6.80. The molecular weight excluding hydrogens is 368 g/mol. The fourth-order valence-electron chi connectivity index (χ4n) is 3.15. The summed E-state index contributed by atoms with van der Waals surface area (Å²) in [7, 11) is 3.29. The third-order valence-corrected chi connectivity index (χ3v) is 4.60. The quantitative estimate of drug-likeness (QED) is 0.653. The maximum atomic E-state index is 6.67. The van der Waals surface area contributed by atoms with E-state index in [1.165, 1.54) is 0 Å². The molecule has 6 heteroatoms. The fourth-order valence-corrected chi connectivity index (χ4v) is 3.15. The minimum Gasteiger partial charge on any atom is -0.497 e. The van der Waals surface area contributed by atoms with Crippen LogP contribution in [-0.2, 0) is 4.74 Å². The van der Waals surface area contributed by atoms with Crippen molar-refractivity contribution in [2.75, 3.05) is 38.9 Å². The lowest BCUT2D eigenvalue weighted by molar-refractivity contribution is 0.0756. The lowest BCUT2D eigenvalue weighted by Crippen LogP contribution is -2.57. The third kappa shape index (κ3) is 5.31. The molecule has 2 aromatic rings. The first kappa shape index (κ1) is 20.8. The van der Waals surface area contributed by atoms with E-state index in [1.54, 1.807) is 14.2 Å². The average Bonchev–Trinajstić information content (AvgIpc) is 2.73. The summed E-state index contributed by atoms with van der Waals surface area (Å²) in [5, 5.41) is 0. The van der Waals surface area contributed by atoms with Gasteiger partial charge in [-0.2, -0.15) is 0 Å². The maximum Gasteiger partial charge on any atom is 0.136 e. The van der Waals surface area contributed by atoms with E-state index in [9.17, 15) is 0 Å². The summed E-state index contributed by atoms with van der Waals surface area (Å²) in [5.74, 6) is 2.29. The van der Waals surface area contributed by atoms with Gasteiger partial charge >= 0.3 is 0 Å². The normalized spacial score (nSPS) is 18.0. The Morgan fingerprint density at radius 3 is 2.52 bits per heavy atom. The predicted octanol–water partition coefficient (Wildman–Crippen LogP) is 3.65. The maximum absolute atomic E-state index is 6.67. The van der Waals surface area contributed by atoms with Gasteiger partial charge in [0, 0.05) is 24.0 Å². The highest BCUT2D eigenvalue weighted by molar-refractivity contribution is 5.59. The second kappa shape index (κ2) is 9.49. The zero-order chi connectivity index (χ0) is 20.7. The first-order valence-corrected chi connectivity index (χ1v) is 9.48. The van der Waals surface area contributed by atoms with Gasteiger partial charge in [0.15, 0.2) is 0 Å². The van der Waals surface area contributed by atoms with Crippen LogP contribution in [0.5, 0.6) is 17.2 Å². The van der Waals surface area contributed by atoms with Crippen molar-refractivity contribution in [2.45, 2.75) is 12.6 Å². The molecule has 0 amide bonds. The van der Waals surface area contributed by atoms with E-state index < -0.39 is 5.66 Å². The van der Waals surface area contributed by atoms with Gasteiger partial charge in [-0.15, -0.1) is 0 Å². The van der Waals surface area contributed by atoms with Crippen LogP contribution in [0.25, 0.3) is 0 Å². The van der Waals surface area contributed by atoms with E-state index >= 15 is 0 Å². The fraction of sp³-hybridized carbons (Fsp3) is 0.304. The zero-order valence-electron chi connectivity index (χ0n) is 17.1. The molecule has 1 aliphatic rings. The van der Waals surface area contributed by atoms with Crippen LogP contribution in [0.4, 0.5) is 5.69 Å². The van der Waals surface area contributed by atoms with Gasteiger partial charge in [0.25, 0.3) is 0 Å². The standard InChI is InChI=1S/C23H28N2O4/c1-18-13-19(15-22(14-18)27-3)25-10-5-4-9-23(25,24)17-28-11-12-29-21-8-6-7-20(16-21)26-2/h4-10,13-16H,11-12,17,24H2,1-3H3. The van der Waals surface area contributed by atoms with Crippen molar-refractivity contribution in [3.63, 3.8) is 0 Å². The van der Waals surface area contributed by atoms with Crippen molar-refractivity contribution >= 4 is 5.69 Å². The van der Waals surface area contributed by atoms with E-state index in [-0.39, 0.29) is 0 Å². The van der Waals surface area contributed by atoms with Gasteiger partial charge in [-0.25, -0.2) is 0 Å². The molecule has 0 aliphatic carbocycles. The molecule has 2 N–H and O–H groups in total. The van der Waals surface area contributed by atoms with E-state index in [1.807, 2.05) is 72.6 Å². The minimum absolute atomic E-state index is 0.311. The first-order valence-electron chi connectivity index (χ1n) is 9.48. The topological polar surface area (TPSA) is 66.2 Å². The Hall–Kier alpha value is -2.96. The van der Waals surface area contributed by atoms with Crippen LogP contribution in [0, 0.1) is 6.92 Å². The highest BCUT2D eigenvalue weighted by Gasteiger charge is 2.31. The van der Waals surface area contributed by atoms with E-state index in [4.69, 9.17) is 24.7 Å². The second-order valence-electron chi connectivity index (χ2n) is 6.85. The Bertz CT molecular complexity index is 881. The van der Waals surface area contributed by atoms with Crippen molar-refractivity contribution in [3.05, 3.63) is 72.5 Å². The van der Waals surface area contributed by atoms with Gasteiger partial charge in [0.2, 0.25) is 0 Å². The predicted molar refractivity (Wildman–Crippen MR) is 115 cm³/mol. The largest absolute Gasteiger partial charge is 0.497 e. The summed E-state index contributed by atoms with van der Waals surface area (Å²) in [6, 6.07) is 13.5. The molecule has 0 spiro atoms. The summed E-state index contributed by atoms with van der Waals surface area (Å²) >= 11 is 0. The molecular formula is C23H28N2O4. The van der Waals surface area contributed by atoms with Crippen LogP contribution < -0.4 is 24.8 Å². The Morgan fingerprint density at radius 2 is 1.72 bits per heavy atom. The number of methoxy groups -OCH3 is 2. The van der Waals surface area contributed by atoms with Crippen LogP contribution >= 0.6 is 0 Å². The molecule has 1 atom stereocenters. The summed E-state index contributed by atoms with van der Waals surface area (Å²) < 4.78 is 22.2. The van der Waals surface area contributed by atoms with Gasteiger partial charge in [0.05, 0.1) is 27.4 Å². The van der Waals surface area contributed by atoms with E-state index in [0.29, 0.717) is 19.8 Å². The van der Waals surface area contributed by atoms with Crippen LogP contribution in [0.3, 0.4) is 0 Å².